The highest BCUT2D eigenvalue weighted by molar-refractivity contribution is 5.80. The average molecular weight is 423 g/mol. The first-order chi connectivity index (χ1) is 14.8. The Balaban J connectivity index is 1.70. The molecule has 1 saturated heterocycles. The standard InChI is InChI=1S/C23H26FN5O2/c1-14-15(2)27-31-22(14)18-13-25-23(28(3)4)26-21(18)19-6-5-11-29(19)20(30)12-16-7-9-17(24)10-8-16/h7-10,13,19H,5-6,11-12H2,1-4H3/t19-/m1/s1. The maximum Gasteiger partial charge on any atom is 0.227 e. The molecule has 0 unspecified atom stereocenters. The van der Waals surface area contributed by atoms with E-state index in [1.54, 1.807) is 18.3 Å². The largest absolute Gasteiger partial charge is 0.356 e. The molecule has 0 N–H and O–H groups in total. The Morgan fingerprint density at radius 3 is 2.65 bits per heavy atom. The maximum atomic E-state index is 13.2. The summed E-state index contributed by atoms with van der Waals surface area (Å²) in [6.45, 7) is 4.50. The molecule has 7 nitrogen and oxygen atoms in total. The van der Waals surface area contributed by atoms with Crippen LogP contribution in [0.15, 0.2) is 35.0 Å². The molecule has 8 heteroatoms. The molecule has 3 heterocycles. The second kappa shape index (κ2) is 8.45. The Morgan fingerprint density at radius 1 is 1.26 bits per heavy atom. The summed E-state index contributed by atoms with van der Waals surface area (Å²) in [6.07, 6.45) is 3.66. The van der Waals surface area contributed by atoms with Crippen molar-refractivity contribution < 1.29 is 13.7 Å². The second-order valence-corrected chi connectivity index (χ2v) is 8.13. The summed E-state index contributed by atoms with van der Waals surface area (Å²) in [7, 11) is 3.77. The van der Waals surface area contributed by atoms with Gasteiger partial charge in [0.05, 0.1) is 29.4 Å². The van der Waals surface area contributed by atoms with E-state index in [9.17, 15) is 9.18 Å². The Labute approximate surface area is 180 Å². The lowest BCUT2D eigenvalue weighted by molar-refractivity contribution is -0.131. The summed E-state index contributed by atoms with van der Waals surface area (Å²) in [5.74, 6) is 0.895. The lowest BCUT2D eigenvalue weighted by Crippen LogP contribution is -2.33. The van der Waals surface area contributed by atoms with Crippen molar-refractivity contribution in [3.8, 4) is 11.3 Å². The van der Waals surface area contributed by atoms with Crippen LogP contribution in [0.5, 0.6) is 0 Å². The fourth-order valence-electron chi connectivity index (χ4n) is 3.92. The lowest BCUT2D eigenvalue weighted by atomic mass is 10.0. The van der Waals surface area contributed by atoms with E-state index in [1.165, 1.54) is 12.1 Å². The number of rotatable bonds is 5. The van der Waals surface area contributed by atoms with Crippen LogP contribution in [-0.4, -0.2) is 46.6 Å². The van der Waals surface area contributed by atoms with Gasteiger partial charge in [0.1, 0.15) is 5.82 Å². The number of hydrogen-bond donors (Lipinski definition) is 0. The molecule has 3 aromatic rings. The van der Waals surface area contributed by atoms with Crippen LogP contribution < -0.4 is 4.90 Å². The molecule has 1 fully saturated rings. The molecule has 1 aromatic carbocycles. The Kier molecular flexibility index (Phi) is 5.71. The first kappa shape index (κ1) is 21.0. The quantitative estimate of drug-likeness (QED) is 0.620. The number of benzene rings is 1. The molecule has 0 radical (unpaired) electrons. The predicted molar refractivity (Wildman–Crippen MR) is 115 cm³/mol. The summed E-state index contributed by atoms with van der Waals surface area (Å²) in [6, 6.07) is 5.88. The number of amides is 1. The number of anilines is 1. The Hall–Kier alpha value is -3.29. The normalized spacial score (nSPS) is 16.0. The fourth-order valence-corrected chi connectivity index (χ4v) is 3.92. The van der Waals surface area contributed by atoms with Crippen molar-refractivity contribution in [1.29, 1.82) is 0 Å². The Morgan fingerprint density at radius 2 is 2.00 bits per heavy atom. The van der Waals surface area contributed by atoms with E-state index >= 15 is 0 Å². The molecular weight excluding hydrogens is 397 g/mol. The smallest absolute Gasteiger partial charge is 0.227 e. The van der Waals surface area contributed by atoms with Crippen LogP contribution >= 0.6 is 0 Å². The molecule has 0 saturated carbocycles. The highest BCUT2D eigenvalue weighted by Gasteiger charge is 2.34. The van der Waals surface area contributed by atoms with E-state index in [0.717, 1.165) is 40.9 Å². The van der Waals surface area contributed by atoms with Gasteiger partial charge in [-0.15, -0.1) is 0 Å². The topological polar surface area (TPSA) is 75.4 Å². The summed E-state index contributed by atoms with van der Waals surface area (Å²) >= 11 is 0. The van der Waals surface area contributed by atoms with Crippen molar-refractivity contribution in [2.45, 2.75) is 39.2 Å². The minimum atomic E-state index is -0.310. The van der Waals surface area contributed by atoms with E-state index in [2.05, 4.69) is 10.1 Å². The van der Waals surface area contributed by atoms with Crippen LogP contribution in [0.2, 0.25) is 0 Å². The second-order valence-electron chi connectivity index (χ2n) is 8.13. The van der Waals surface area contributed by atoms with Crippen molar-refractivity contribution in [1.82, 2.24) is 20.0 Å². The van der Waals surface area contributed by atoms with Crippen LogP contribution in [0.1, 0.15) is 41.4 Å². The van der Waals surface area contributed by atoms with Crippen LogP contribution in [0.4, 0.5) is 10.3 Å². The first-order valence-electron chi connectivity index (χ1n) is 10.4. The van der Waals surface area contributed by atoms with Gasteiger partial charge < -0.3 is 14.3 Å². The van der Waals surface area contributed by atoms with Crippen molar-refractivity contribution in [2.24, 2.45) is 0 Å². The minimum Gasteiger partial charge on any atom is -0.356 e. The number of hydrogen-bond acceptors (Lipinski definition) is 6. The van der Waals surface area contributed by atoms with Gasteiger partial charge in [-0.2, -0.15) is 0 Å². The van der Waals surface area contributed by atoms with Crippen LogP contribution in [0, 0.1) is 19.7 Å². The first-order valence-corrected chi connectivity index (χ1v) is 10.4. The third-order valence-corrected chi connectivity index (χ3v) is 5.76. The van der Waals surface area contributed by atoms with Crippen molar-refractivity contribution in [3.05, 3.63) is 58.8 Å². The van der Waals surface area contributed by atoms with Gasteiger partial charge in [0.2, 0.25) is 11.9 Å². The number of aryl methyl sites for hydroxylation is 1. The number of aromatic nitrogens is 3. The van der Waals surface area contributed by atoms with Gasteiger partial charge >= 0.3 is 0 Å². The maximum absolute atomic E-state index is 13.2. The molecular formula is C23H26FN5O2. The van der Waals surface area contributed by atoms with Crippen molar-refractivity contribution in [3.63, 3.8) is 0 Å². The van der Waals surface area contributed by atoms with E-state index in [1.807, 2.05) is 37.7 Å². The number of nitrogens with zero attached hydrogens (tertiary/aromatic N) is 5. The summed E-state index contributed by atoms with van der Waals surface area (Å²) < 4.78 is 18.8. The molecule has 162 valence electrons. The minimum absolute atomic E-state index is 0.00412. The molecule has 2 aromatic heterocycles. The molecule has 1 aliphatic heterocycles. The third-order valence-electron chi connectivity index (χ3n) is 5.76. The number of likely N-dealkylation sites (tertiary alicyclic amines) is 1. The molecule has 0 aliphatic carbocycles. The summed E-state index contributed by atoms with van der Waals surface area (Å²) in [4.78, 5) is 26.2. The molecule has 4 rings (SSSR count). The van der Waals surface area contributed by atoms with Gasteiger partial charge in [0, 0.05) is 32.4 Å². The molecule has 1 atom stereocenters. The predicted octanol–water partition coefficient (Wildman–Crippen LogP) is 3.86. The molecule has 0 spiro atoms. The van der Waals surface area contributed by atoms with Crippen molar-refractivity contribution in [2.75, 3.05) is 25.5 Å². The Bertz CT molecular complexity index is 1090. The van der Waals surface area contributed by atoms with Gasteiger partial charge in [-0.3, -0.25) is 4.79 Å². The van der Waals surface area contributed by atoms with Crippen molar-refractivity contribution >= 4 is 11.9 Å². The number of carbonyl (C=O) groups excluding carboxylic acids is 1. The van der Waals surface area contributed by atoms with E-state index < -0.39 is 0 Å². The summed E-state index contributed by atoms with van der Waals surface area (Å²) in [5.41, 5.74) is 4.06. The van der Waals surface area contributed by atoms with Crippen LogP contribution in [0.3, 0.4) is 0 Å². The van der Waals surface area contributed by atoms with Crippen LogP contribution in [0.25, 0.3) is 11.3 Å². The van der Waals surface area contributed by atoms with Crippen LogP contribution in [-0.2, 0) is 11.2 Å². The zero-order valence-corrected chi connectivity index (χ0v) is 18.2. The van der Waals surface area contributed by atoms with Gasteiger partial charge in [0.15, 0.2) is 5.76 Å². The average Bonchev–Trinajstić information content (AvgIpc) is 3.37. The van der Waals surface area contributed by atoms with E-state index in [4.69, 9.17) is 9.51 Å². The monoisotopic (exact) mass is 423 g/mol. The van der Waals surface area contributed by atoms with E-state index in [0.29, 0.717) is 18.3 Å². The molecule has 0 bridgehead atoms. The molecule has 31 heavy (non-hydrogen) atoms. The molecule has 1 aliphatic rings. The summed E-state index contributed by atoms with van der Waals surface area (Å²) in [5, 5.41) is 4.08. The zero-order chi connectivity index (χ0) is 22.1. The van der Waals surface area contributed by atoms with Gasteiger partial charge in [-0.25, -0.2) is 14.4 Å². The van der Waals surface area contributed by atoms with E-state index in [-0.39, 0.29) is 24.2 Å². The van der Waals surface area contributed by atoms with Gasteiger partial charge in [0.25, 0.3) is 0 Å². The number of halogens is 1. The van der Waals surface area contributed by atoms with Gasteiger partial charge in [-0.1, -0.05) is 17.3 Å². The number of carbonyl (C=O) groups is 1. The third kappa shape index (κ3) is 4.15. The highest BCUT2D eigenvalue weighted by atomic mass is 19.1. The molecule has 1 amide bonds. The SMILES string of the molecule is Cc1noc(-c2cnc(N(C)C)nc2[C@H]2CCCN2C(=O)Cc2ccc(F)cc2)c1C. The van der Waals surface area contributed by atoms with Gasteiger partial charge in [-0.05, 0) is 44.4 Å². The fraction of sp³-hybridized carbons (Fsp3) is 0.391. The zero-order valence-electron chi connectivity index (χ0n) is 18.2. The highest BCUT2D eigenvalue weighted by Crippen LogP contribution is 2.38. The lowest BCUT2D eigenvalue weighted by Gasteiger charge is -2.26.